The van der Waals surface area contributed by atoms with E-state index in [1.807, 2.05) is 12.1 Å². The maximum Gasteiger partial charge on any atom is 0.315 e. The lowest BCUT2D eigenvalue weighted by Crippen LogP contribution is -2.41. The maximum atomic E-state index is 12.2. The average molecular weight is 294 g/mol. The molecule has 22 heavy (non-hydrogen) atoms. The Bertz CT molecular complexity index is 672. The molecule has 114 valence electrons. The highest BCUT2D eigenvalue weighted by atomic mass is 16.2. The third-order valence-electron chi connectivity index (χ3n) is 4.24. The number of urea groups is 1. The molecule has 1 aliphatic carbocycles. The minimum atomic E-state index is -0.162. The molecule has 0 saturated heterocycles. The predicted octanol–water partition coefficient (Wildman–Crippen LogP) is 3.79. The van der Waals surface area contributed by atoms with Crippen molar-refractivity contribution in [1.82, 2.24) is 10.6 Å². The maximum absolute atomic E-state index is 12.2. The molecule has 3 heteroatoms. The number of benzene rings is 2. The van der Waals surface area contributed by atoms with Gasteiger partial charge in [0.1, 0.15) is 0 Å². The minimum Gasteiger partial charge on any atom is -0.334 e. The second-order valence-corrected chi connectivity index (χ2v) is 6.24. The van der Waals surface area contributed by atoms with Crippen LogP contribution in [0.3, 0.4) is 0 Å². The largest absolute Gasteiger partial charge is 0.334 e. The van der Waals surface area contributed by atoms with Gasteiger partial charge in [0.05, 0.1) is 5.54 Å². The molecular weight excluding hydrogens is 272 g/mol. The second kappa shape index (κ2) is 5.84. The highest BCUT2D eigenvalue weighted by Gasteiger charge is 2.45. The Morgan fingerprint density at radius 1 is 1.05 bits per heavy atom. The summed E-state index contributed by atoms with van der Waals surface area (Å²) < 4.78 is 0. The molecule has 1 aliphatic rings. The van der Waals surface area contributed by atoms with Crippen LogP contribution in [0.15, 0.2) is 48.5 Å². The topological polar surface area (TPSA) is 41.1 Å². The summed E-state index contributed by atoms with van der Waals surface area (Å²) >= 11 is 0. The monoisotopic (exact) mass is 294 g/mol. The highest BCUT2D eigenvalue weighted by Crippen LogP contribution is 2.45. The van der Waals surface area contributed by atoms with Crippen LogP contribution >= 0.6 is 0 Å². The molecule has 0 aromatic heterocycles. The Kier molecular flexibility index (Phi) is 3.88. The van der Waals surface area contributed by atoms with Crippen LogP contribution in [0.5, 0.6) is 0 Å². The van der Waals surface area contributed by atoms with Gasteiger partial charge in [-0.15, -0.1) is 0 Å². The summed E-state index contributed by atoms with van der Waals surface area (Å²) in [5, 5.41) is 6.09. The number of nitrogens with one attached hydrogen (secondary N) is 2. The fraction of sp³-hybridized carbons (Fsp3) is 0.316. The van der Waals surface area contributed by atoms with Crippen LogP contribution < -0.4 is 10.6 Å². The zero-order valence-electron chi connectivity index (χ0n) is 13.1. The quantitative estimate of drug-likeness (QED) is 0.885. The van der Waals surface area contributed by atoms with Gasteiger partial charge in [-0.25, -0.2) is 4.79 Å². The Morgan fingerprint density at radius 2 is 1.77 bits per heavy atom. The van der Waals surface area contributed by atoms with Crippen LogP contribution in [-0.4, -0.2) is 6.03 Å². The van der Waals surface area contributed by atoms with Crippen molar-refractivity contribution in [2.24, 2.45) is 0 Å². The molecule has 2 aromatic carbocycles. The van der Waals surface area contributed by atoms with Gasteiger partial charge in [-0.3, -0.25) is 0 Å². The van der Waals surface area contributed by atoms with E-state index in [0.29, 0.717) is 6.54 Å². The van der Waals surface area contributed by atoms with Gasteiger partial charge in [-0.05, 0) is 37.8 Å². The molecule has 0 atom stereocenters. The van der Waals surface area contributed by atoms with Crippen molar-refractivity contribution in [3.8, 4) is 0 Å². The van der Waals surface area contributed by atoms with E-state index < -0.39 is 0 Å². The van der Waals surface area contributed by atoms with Gasteiger partial charge < -0.3 is 10.6 Å². The summed E-state index contributed by atoms with van der Waals surface area (Å²) in [5.74, 6) is 0. The van der Waals surface area contributed by atoms with E-state index in [4.69, 9.17) is 0 Å². The Morgan fingerprint density at radius 3 is 2.41 bits per heavy atom. The van der Waals surface area contributed by atoms with E-state index in [1.54, 1.807) is 0 Å². The first kappa shape index (κ1) is 14.6. The van der Waals surface area contributed by atoms with E-state index in [-0.39, 0.29) is 11.6 Å². The molecule has 3 rings (SSSR count). The molecule has 2 amide bonds. The van der Waals surface area contributed by atoms with Crippen LogP contribution in [0, 0.1) is 13.8 Å². The van der Waals surface area contributed by atoms with Gasteiger partial charge >= 0.3 is 6.03 Å². The van der Waals surface area contributed by atoms with Gasteiger partial charge in [0.2, 0.25) is 0 Å². The number of amides is 2. The van der Waals surface area contributed by atoms with E-state index in [9.17, 15) is 4.79 Å². The van der Waals surface area contributed by atoms with Crippen LogP contribution in [0.25, 0.3) is 0 Å². The molecule has 2 aromatic rings. The zero-order chi connectivity index (χ0) is 15.6. The Labute approximate surface area is 131 Å². The van der Waals surface area contributed by atoms with E-state index >= 15 is 0 Å². The van der Waals surface area contributed by atoms with Crippen molar-refractivity contribution in [3.05, 3.63) is 70.8 Å². The third kappa shape index (κ3) is 3.30. The molecule has 0 spiro atoms. The summed E-state index contributed by atoms with van der Waals surface area (Å²) in [6.07, 6.45) is 2.02. The fourth-order valence-corrected chi connectivity index (χ4v) is 2.75. The molecule has 1 fully saturated rings. The van der Waals surface area contributed by atoms with Crippen molar-refractivity contribution in [2.45, 2.75) is 38.8 Å². The third-order valence-corrected chi connectivity index (χ3v) is 4.24. The van der Waals surface area contributed by atoms with Crippen LogP contribution in [-0.2, 0) is 12.1 Å². The van der Waals surface area contributed by atoms with Crippen molar-refractivity contribution in [2.75, 3.05) is 0 Å². The van der Waals surface area contributed by atoms with Gasteiger partial charge in [-0.1, -0.05) is 59.7 Å². The van der Waals surface area contributed by atoms with Crippen LogP contribution in [0.4, 0.5) is 4.79 Å². The number of rotatable bonds is 4. The van der Waals surface area contributed by atoms with Crippen molar-refractivity contribution < 1.29 is 4.79 Å². The van der Waals surface area contributed by atoms with Crippen LogP contribution in [0.2, 0.25) is 0 Å². The Balaban J connectivity index is 1.58. The molecular formula is C19H22N2O. The smallest absolute Gasteiger partial charge is 0.315 e. The van der Waals surface area contributed by atoms with Gasteiger partial charge in [-0.2, -0.15) is 0 Å². The van der Waals surface area contributed by atoms with Crippen molar-refractivity contribution in [3.63, 3.8) is 0 Å². The summed E-state index contributed by atoms with van der Waals surface area (Å²) in [6.45, 7) is 4.68. The van der Waals surface area contributed by atoms with Crippen LogP contribution in [0.1, 0.15) is 35.1 Å². The first-order valence-electron chi connectivity index (χ1n) is 7.76. The molecule has 1 saturated carbocycles. The number of aryl methyl sites for hydroxylation is 2. The molecule has 0 unspecified atom stereocenters. The number of carbonyl (C=O) groups is 1. The molecule has 0 heterocycles. The molecule has 2 N–H and O–H groups in total. The predicted molar refractivity (Wildman–Crippen MR) is 88.6 cm³/mol. The van der Waals surface area contributed by atoms with E-state index in [0.717, 1.165) is 18.4 Å². The Hall–Kier alpha value is -2.29. The SMILES string of the molecule is Cc1ccc(C2(NC(=O)NCc3cccc(C)c3)CC2)cc1. The van der Waals surface area contributed by atoms with Gasteiger partial charge in [0, 0.05) is 6.54 Å². The lowest BCUT2D eigenvalue weighted by Gasteiger charge is -2.19. The number of carbonyl (C=O) groups excluding carboxylic acids is 1. The van der Waals surface area contributed by atoms with Gasteiger partial charge in [0.25, 0.3) is 0 Å². The van der Waals surface area contributed by atoms with Gasteiger partial charge in [0.15, 0.2) is 0 Å². The van der Waals surface area contributed by atoms with E-state index in [1.165, 1.54) is 16.7 Å². The molecule has 0 bridgehead atoms. The lowest BCUT2D eigenvalue weighted by atomic mass is 10.0. The minimum absolute atomic E-state index is 0.0976. The first-order valence-corrected chi connectivity index (χ1v) is 7.76. The van der Waals surface area contributed by atoms with Crippen molar-refractivity contribution >= 4 is 6.03 Å². The first-order chi connectivity index (χ1) is 10.6. The summed E-state index contributed by atoms with van der Waals surface area (Å²) in [6, 6.07) is 16.5. The number of hydrogen-bond acceptors (Lipinski definition) is 1. The number of hydrogen-bond donors (Lipinski definition) is 2. The molecule has 3 nitrogen and oxygen atoms in total. The normalized spacial score (nSPS) is 15.2. The van der Waals surface area contributed by atoms with E-state index in [2.05, 4.69) is 60.9 Å². The lowest BCUT2D eigenvalue weighted by molar-refractivity contribution is 0.235. The summed E-state index contributed by atoms with van der Waals surface area (Å²) in [5.41, 5.74) is 4.60. The summed E-state index contributed by atoms with van der Waals surface area (Å²) in [7, 11) is 0. The second-order valence-electron chi connectivity index (χ2n) is 6.24. The standard InChI is InChI=1S/C19H22N2O/c1-14-6-8-17(9-7-14)19(10-11-19)21-18(22)20-13-16-5-3-4-15(2)12-16/h3-9,12H,10-11,13H2,1-2H3,(H2,20,21,22). The fourth-order valence-electron chi connectivity index (χ4n) is 2.75. The zero-order valence-corrected chi connectivity index (χ0v) is 13.1. The molecule has 0 aliphatic heterocycles. The molecule has 0 radical (unpaired) electrons. The summed E-state index contributed by atoms with van der Waals surface area (Å²) in [4.78, 5) is 12.2. The highest BCUT2D eigenvalue weighted by molar-refractivity contribution is 5.75. The van der Waals surface area contributed by atoms with Crippen molar-refractivity contribution in [1.29, 1.82) is 0 Å². The average Bonchev–Trinajstić information content (AvgIpc) is 3.27.